The molecule has 88 valence electrons. The molecule has 2 aromatic rings. The summed E-state index contributed by atoms with van der Waals surface area (Å²) in [6.07, 6.45) is 1.71. The van der Waals surface area contributed by atoms with E-state index in [4.69, 9.17) is 5.73 Å². The van der Waals surface area contributed by atoms with E-state index in [9.17, 15) is 0 Å². The highest BCUT2D eigenvalue weighted by molar-refractivity contribution is 5.55. The van der Waals surface area contributed by atoms with Crippen LogP contribution in [0.2, 0.25) is 0 Å². The van der Waals surface area contributed by atoms with Gasteiger partial charge in [-0.05, 0) is 43.2 Å². The van der Waals surface area contributed by atoms with Gasteiger partial charge in [0, 0.05) is 18.4 Å². The lowest BCUT2D eigenvalue weighted by molar-refractivity contribution is 0.969. The Hall–Kier alpha value is -1.94. The van der Waals surface area contributed by atoms with Gasteiger partial charge in [-0.1, -0.05) is 6.07 Å². The molecule has 0 radical (unpaired) electrons. The zero-order chi connectivity index (χ0) is 12.3. The summed E-state index contributed by atoms with van der Waals surface area (Å²) in [4.78, 5) is 8.46. The lowest BCUT2D eigenvalue weighted by Gasteiger charge is -2.07. The largest absolute Gasteiger partial charge is 0.325 e. The summed E-state index contributed by atoms with van der Waals surface area (Å²) in [5, 5.41) is 3.18. The Morgan fingerprint density at radius 2 is 1.88 bits per heavy atom. The standard InChI is InChI=1S/C13H16N4/c1-9-5-10(2)7-12(6-9)17-13-15-4-3-11(8-14)16-13/h3-7H,8,14H2,1-2H3,(H,15,16,17). The fourth-order valence-electron chi connectivity index (χ4n) is 1.75. The van der Waals surface area contributed by atoms with Crippen molar-refractivity contribution in [3.05, 3.63) is 47.3 Å². The number of hydrogen-bond donors (Lipinski definition) is 2. The molecule has 0 bridgehead atoms. The first-order valence-corrected chi connectivity index (χ1v) is 5.54. The minimum atomic E-state index is 0.421. The Morgan fingerprint density at radius 1 is 1.18 bits per heavy atom. The third kappa shape index (κ3) is 3.01. The fraction of sp³-hybridized carbons (Fsp3) is 0.231. The lowest BCUT2D eigenvalue weighted by atomic mass is 10.1. The molecule has 0 aliphatic heterocycles. The molecule has 0 fully saturated rings. The average Bonchev–Trinajstić information content (AvgIpc) is 2.28. The Bertz CT molecular complexity index is 502. The van der Waals surface area contributed by atoms with E-state index in [1.54, 1.807) is 6.20 Å². The van der Waals surface area contributed by atoms with Crippen LogP contribution in [0.4, 0.5) is 11.6 Å². The molecule has 0 saturated carbocycles. The molecule has 4 nitrogen and oxygen atoms in total. The number of nitrogens with zero attached hydrogens (tertiary/aromatic N) is 2. The molecule has 3 N–H and O–H groups in total. The van der Waals surface area contributed by atoms with Crippen LogP contribution in [0.15, 0.2) is 30.5 Å². The Kier molecular flexibility index (Phi) is 3.35. The van der Waals surface area contributed by atoms with E-state index in [0.717, 1.165) is 11.4 Å². The maximum atomic E-state index is 5.54. The second-order valence-electron chi connectivity index (χ2n) is 4.08. The molecule has 4 heteroatoms. The van der Waals surface area contributed by atoms with E-state index in [0.29, 0.717) is 12.5 Å². The van der Waals surface area contributed by atoms with Crippen LogP contribution >= 0.6 is 0 Å². The predicted molar refractivity (Wildman–Crippen MR) is 69.1 cm³/mol. The third-order valence-corrected chi connectivity index (χ3v) is 2.40. The molecule has 1 aromatic carbocycles. The summed E-state index contributed by atoms with van der Waals surface area (Å²) in [5.41, 5.74) is 9.79. The highest BCUT2D eigenvalue weighted by Gasteiger charge is 2.00. The van der Waals surface area contributed by atoms with Gasteiger partial charge in [-0.15, -0.1) is 0 Å². The van der Waals surface area contributed by atoms with Crippen LogP contribution in [0, 0.1) is 13.8 Å². The second-order valence-corrected chi connectivity index (χ2v) is 4.08. The van der Waals surface area contributed by atoms with Crippen molar-refractivity contribution >= 4 is 11.6 Å². The smallest absolute Gasteiger partial charge is 0.227 e. The van der Waals surface area contributed by atoms with Crippen LogP contribution in [0.1, 0.15) is 16.8 Å². The van der Waals surface area contributed by atoms with Gasteiger partial charge < -0.3 is 11.1 Å². The highest BCUT2D eigenvalue weighted by Crippen LogP contribution is 2.17. The van der Waals surface area contributed by atoms with Gasteiger partial charge in [-0.25, -0.2) is 9.97 Å². The van der Waals surface area contributed by atoms with Crippen LogP contribution in [-0.4, -0.2) is 9.97 Å². The van der Waals surface area contributed by atoms with Crippen LogP contribution in [0.3, 0.4) is 0 Å². The number of aryl methyl sites for hydroxylation is 2. The van der Waals surface area contributed by atoms with Crippen molar-refractivity contribution in [2.75, 3.05) is 5.32 Å². The van der Waals surface area contributed by atoms with Crippen molar-refractivity contribution in [2.24, 2.45) is 5.73 Å². The van der Waals surface area contributed by atoms with E-state index in [2.05, 4.69) is 47.3 Å². The number of rotatable bonds is 3. The van der Waals surface area contributed by atoms with Crippen molar-refractivity contribution in [2.45, 2.75) is 20.4 Å². The first kappa shape index (κ1) is 11.5. The molecule has 17 heavy (non-hydrogen) atoms. The number of aromatic nitrogens is 2. The molecule has 0 saturated heterocycles. The second kappa shape index (κ2) is 4.93. The molecule has 0 unspecified atom stereocenters. The predicted octanol–water partition coefficient (Wildman–Crippen LogP) is 2.30. The molecule has 0 amide bonds. The van der Waals surface area contributed by atoms with E-state index in [1.165, 1.54) is 11.1 Å². The number of nitrogens with two attached hydrogens (primary N) is 1. The van der Waals surface area contributed by atoms with Crippen LogP contribution in [0.5, 0.6) is 0 Å². The Labute approximate surface area is 101 Å². The fourth-order valence-corrected chi connectivity index (χ4v) is 1.75. The van der Waals surface area contributed by atoms with Gasteiger partial charge in [0.15, 0.2) is 0 Å². The van der Waals surface area contributed by atoms with Crippen molar-refractivity contribution < 1.29 is 0 Å². The zero-order valence-electron chi connectivity index (χ0n) is 10.1. The van der Waals surface area contributed by atoms with Gasteiger partial charge in [0.05, 0.1) is 5.69 Å². The Balaban J connectivity index is 2.24. The van der Waals surface area contributed by atoms with E-state index < -0.39 is 0 Å². The zero-order valence-corrected chi connectivity index (χ0v) is 10.1. The average molecular weight is 228 g/mol. The van der Waals surface area contributed by atoms with Gasteiger partial charge in [-0.3, -0.25) is 0 Å². The molecule has 2 rings (SSSR count). The molecule has 0 atom stereocenters. The number of benzene rings is 1. The first-order valence-electron chi connectivity index (χ1n) is 5.54. The summed E-state index contributed by atoms with van der Waals surface area (Å²) >= 11 is 0. The summed E-state index contributed by atoms with van der Waals surface area (Å²) in [5.74, 6) is 0.581. The van der Waals surface area contributed by atoms with E-state index in [-0.39, 0.29) is 0 Å². The van der Waals surface area contributed by atoms with Gasteiger partial charge >= 0.3 is 0 Å². The summed E-state index contributed by atoms with van der Waals surface area (Å²) < 4.78 is 0. The van der Waals surface area contributed by atoms with Crippen molar-refractivity contribution in [3.63, 3.8) is 0 Å². The van der Waals surface area contributed by atoms with Crippen molar-refractivity contribution in [1.82, 2.24) is 9.97 Å². The monoisotopic (exact) mass is 228 g/mol. The molecule has 1 aromatic heterocycles. The lowest BCUT2D eigenvalue weighted by Crippen LogP contribution is -2.03. The molecular weight excluding hydrogens is 212 g/mol. The van der Waals surface area contributed by atoms with Gasteiger partial charge in [0.1, 0.15) is 0 Å². The van der Waals surface area contributed by atoms with Gasteiger partial charge in [0.2, 0.25) is 5.95 Å². The molecule has 0 aliphatic rings. The molecule has 0 spiro atoms. The number of nitrogens with one attached hydrogen (secondary N) is 1. The summed E-state index contributed by atoms with van der Waals surface area (Å²) in [6, 6.07) is 8.06. The van der Waals surface area contributed by atoms with Crippen LogP contribution in [-0.2, 0) is 6.54 Å². The first-order chi connectivity index (χ1) is 8.17. The minimum Gasteiger partial charge on any atom is -0.325 e. The summed E-state index contributed by atoms with van der Waals surface area (Å²) in [6.45, 7) is 4.55. The van der Waals surface area contributed by atoms with Crippen molar-refractivity contribution in [3.8, 4) is 0 Å². The van der Waals surface area contributed by atoms with Crippen molar-refractivity contribution in [1.29, 1.82) is 0 Å². The van der Waals surface area contributed by atoms with Crippen LogP contribution < -0.4 is 11.1 Å². The SMILES string of the molecule is Cc1cc(C)cc(Nc2nccc(CN)n2)c1. The van der Waals surface area contributed by atoms with Crippen LogP contribution in [0.25, 0.3) is 0 Å². The highest BCUT2D eigenvalue weighted by atomic mass is 15.1. The maximum absolute atomic E-state index is 5.54. The third-order valence-electron chi connectivity index (χ3n) is 2.40. The molecule has 0 aliphatic carbocycles. The van der Waals surface area contributed by atoms with Gasteiger partial charge in [0.25, 0.3) is 0 Å². The number of hydrogen-bond acceptors (Lipinski definition) is 4. The quantitative estimate of drug-likeness (QED) is 0.846. The van der Waals surface area contributed by atoms with E-state index >= 15 is 0 Å². The molecule has 1 heterocycles. The topological polar surface area (TPSA) is 63.8 Å². The number of anilines is 2. The summed E-state index contributed by atoms with van der Waals surface area (Å²) in [7, 11) is 0. The maximum Gasteiger partial charge on any atom is 0.227 e. The molecular formula is C13H16N4. The van der Waals surface area contributed by atoms with Gasteiger partial charge in [-0.2, -0.15) is 0 Å². The minimum absolute atomic E-state index is 0.421. The Morgan fingerprint density at radius 3 is 2.53 bits per heavy atom. The van der Waals surface area contributed by atoms with E-state index in [1.807, 2.05) is 6.07 Å². The normalized spacial score (nSPS) is 10.3.